The first-order chi connectivity index (χ1) is 12.5. The van der Waals surface area contributed by atoms with Gasteiger partial charge in [-0.3, -0.25) is 20.3 Å². The number of nitro benzene ring substituents is 1. The Bertz CT molecular complexity index is 966. The molecule has 0 fully saturated rings. The summed E-state index contributed by atoms with van der Waals surface area (Å²) < 4.78 is 0. The molecule has 2 aromatic heterocycles. The third-order valence-corrected chi connectivity index (χ3v) is 4.88. The van der Waals surface area contributed by atoms with Crippen LogP contribution in [0, 0.1) is 10.1 Å². The van der Waals surface area contributed by atoms with Crippen molar-refractivity contribution in [3.05, 3.63) is 57.5 Å². The third-order valence-electron chi connectivity index (χ3n) is 3.13. The van der Waals surface area contributed by atoms with Crippen molar-refractivity contribution in [3.63, 3.8) is 0 Å². The van der Waals surface area contributed by atoms with E-state index in [9.17, 15) is 14.9 Å². The highest BCUT2D eigenvalue weighted by Crippen LogP contribution is 2.37. The number of aromatic nitrogens is 1. The van der Waals surface area contributed by atoms with E-state index >= 15 is 0 Å². The zero-order valence-corrected chi connectivity index (χ0v) is 15.1. The van der Waals surface area contributed by atoms with E-state index in [1.165, 1.54) is 47.9 Å². The fourth-order valence-electron chi connectivity index (χ4n) is 2.07. The zero-order chi connectivity index (χ0) is 18.5. The molecule has 1 amide bonds. The summed E-state index contributed by atoms with van der Waals surface area (Å²) in [5.74, 6) is -0.182. The summed E-state index contributed by atoms with van der Waals surface area (Å²) in [6, 6.07) is 9.96. The summed E-state index contributed by atoms with van der Waals surface area (Å²) in [5.41, 5.74) is 4.06. The molecule has 2 heterocycles. The van der Waals surface area contributed by atoms with Crippen LogP contribution in [0.25, 0.3) is 10.6 Å². The number of hydrazone groups is 1. The summed E-state index contributed by atoms with van der Waals surface area (Å²) in [6.45, 7) is 1.44. The molecule has 132 valence electrons. The normalized spacial score (nSPS) is 10.8. The SMILES string of the molecule is CC(=O)Nc1sc(NN=Cc2cccc([N+](=O)[O-])c2)nc1-c1cccs1. The molecule has 0 spiro atoms. The average molecular weight is 387 g/mol. The second kappa shape index (κ2) is 7.85. The molecule has 0 bridgehead atoms. The number of carbonyl (C=O) groups excluding carboxylic acids is 1. The number of amides is 1. The molecule has 1 aromatic carbocycles. The first kappa shape index (κ1) is 17.7. The standard InChI is InChI=1S/C16H13N5O3S2/c1-10(22)18-15-14(13-6-3-7-25-13)19-16(26-15)20-17-9-11-4-2-5-12(8-11)21(23)24/h2-9H,1H3,(H,18,22)(H,19,20). The van der Waals surface area contributed by atoms with Gasteiger partial charge in [0, 0.05) is 24.6 Å². The minimum Gasteiger partial charge on any atom is -0.316 e. The third kappa shape index (κ3) is 4.29. The highest BCUT2D eigenvalue weighted by molar-refractivity contribution is 7.21. The summed E-state index contributed by atoms with van der Waals surface area (Å²) in [7, 11) is 0. The van der Waals surface area contributed by atoms with Crippen LogP contribution in [-0.4, -0.2) is 22.0 Å². The van der Waals surface area contributed by atoms with Crippen LogP contribution in [0.15, 0.2) is 46.9 Å². The molecular formula is C16H13N5O3S2. The molecule has 0 radical (unpaired) electrons. The van der Waals surface area contributed by atoms with Crippen molar-refractivity contribution in [1.29, 1.82) is 0 Å². The Morgan fingerprint density at radius 1 is 1.35 bits per heavy atom. The van der Waals surface area contributed by atoms with Crippen molar-refractivity contribution in [2.45, 2.75) is 6.92 Å². The maximum atomic E-state index is 11.4. The van der Waals surface area contributed by atoms with Gasteiger partial charge in [0.1, 0.15) is 10.7 Å². The Hall–Kier alpha value is -3.11. The number of nitrogens with zero attached hydrogens (tertiary/aromatic N) is 3. The maximum Gasteiger partial charge on any atom is 0.270 e. The lowest BCUT2D eigenvalue weighted by Crippen LogP contribution is -2.04. The number of rotatable bonds is 6. The van der Waals surface area contributed by atoms with Crippen LogP contribution in [0.1, 0.15) is 12.5 Å². The van der Waals surface area contributed by atoms with Gasteiger partial charge in [0.15, 0.2) is 0 Å². The minimum absolute atomic E-state index is 0.00359. The molecule has 0 aliphatic carbocycles. The number of thiophene rings is 1. The number of hydrogen-bond donors (Lipinski definition) is 2. The van der Waals surface area contributed by atoms with Crippen LogP contribution in [0.5, 0.6) is 0 Å². The topological polar surface area (TPSA) is 110 Å². The zero-order valence-electron chi connectivity index (χ0n) is 13.5. The lowest BCUT2D eigenvalue weighted by Gasteiger charge is -1.99. The van der Waals surface area contributed by atoms with E-state index in [-0.39, 0.29) is 11.6 Å². The van der Waals surface area contributed by atoms with E-state index in [0.717, 1.165) is 4.88 Å². The molecular weight excluding hydrogens is 374 g/mol. The number of nitro groups is 1. The van der Waals surface area contributed by atoms with Crippen molar-refractivity contribution in [2.75, 3.05) is 10.7 Å². The lowest BCUT2D eigenvalue weighted by atomic mass is 10.2. The highest BCUT2D eigenvalue weighted by Gasteiger charge is 2.15. The molecule has 8 nitrogen and oxygen atoms in total. The number of thiazole rings is 1. The smallest absolute Gasteiger partial charge is 0.270 e. The van der Waals surface area contributed by atoms with Gasteiger partial charge in [0.05, 0.1) is 16.0 Å². The Morgan fingerprint density at radius 2 is 2.19 bits per heavy atom. The minimum atomic E-state index is -0.460. The van der Waals surface area contributed by atoms with E-state index in [4.69, 9.17) is 0 Å². The number of anilines is 2. The molecule has 0 aliphatic rings. The van der Waals surface area contributed by atoms with Crippen LogP contribution in [0.2, 0.25) is 0 Å². The van der Waals surface area contributed by atoms with Crippen LogP contribution in [0.4, 0.5) is 15.8 Å². The Balaban J connectivity index is 1.78. The molecule has 26 heavy (non-hydrogen) atoms. The van der Waals surface area contributed by atoms with E-state index in [2.05, 4.69) is 20.8 Å². The lowest BCUT2D eigenvalue weighted by molar-refractivity contribution is -0.384. The number of carbonyl (C=O) groups is 1. The largest absolute Gasteiger partial charge is 0.316 e. The molecule has 0 atom stereocenters. The van der Waals surface area contributed by atoms with Gasteiger partial charge in [0.2, 0.25) is 11.0 Å². The van der Waals surface area contributed by atoms with Gasteiger partial charge in [-0.25, -0.2) is 4.98 Å². The molecule has 0 unspecified atom stereocenters. The number of hydrogen-bond acceptors (Lipinski definition) is 8. The van der Waals surface area contributed by atoms with Gasteiger partial charge < -0.3 is 5.32 Å². The van der Waals surface area contributed by atoms with E-state index in [0.29, 0.717) is 21.4 Å². The quantitative estimate of drug-likeness (QED) is 0.374. The van der Waals surface area contributed by atoms with Gasteiger partial charge >= 0.3 is 0 Å². The molecule has 3 aromatic rings. The first-order valence-corrected chi connectivity index (χ1v) is 9.08. The summed E-state index contributed by atoms with van der Waals surface area (Å²) in [4.78, 5) is 27.1. The van der Waals surface area contributed by atoms with Gasteiger partial charge in [-0.2, -0.15) is 5.10 Å². The molecule has 0 saturated carbocycles. The van der Waals surface area contributed by atoms with Crippen molar-refractivity contribution < 1.29 is 9.72 Å². The van der Waals surface area contributed by atoms with Gasteiger partial charge in [-0.1, -0.05) is 29.5 Å². The second-order valence-corrected chi connectivity index (χ2v) is 7.02. The second-order valence-electron chi connectivity index (χ2n) is 5.08. The highest BCUT2D eigenvalue weighted by atomic mass is 32.1. The monoisotopic (exact) mass is 387 g/mol. The predicted octanol–water partition coefficient (Wildman–Crippen LogP) is 4.18. The predicted molar refractivity (Wildman–Crippen MR) is 104 cm³/mol. The van der Waals surface area contributed by atoms with E-state index in [1.807, 2.05) is 17.5 Å². The van der Waals surface area contributed by atoms with Crippen LogP contribution in [0.3, 0.4) is 0 Å². The first-order valence-electron chi connectivity index (χ1n) is 7.39. The Labute approximate surface area is 156 Å². The molecule has 10 heteroatoms. The fourth-order valence-corrected chi connectivity index (χ4v) is 3.73. The van der Waals surface area contributed by atoms with Crippen LogP contribution >= 0.6 is 22.7 Å². The van der Waals surface area contributed by atoms with E-state index < -0.39 is 4.92 Å². The van der Waals surface area contributed by atoms with Crippen LogP contribution in [-0.2, 0) is 4.79 Å². The maximum absolute atomic E-state index is 11.4. The fraction of sp³-hybridized carbons (Fsp3) is 0.0625. The Morgan fingerprint density at radius 3 is 2.88 bits per heavy atom. The molecule has 0 saturated heterocycles. The van der Waals surface area contributed by atoms with E-state index in [1.54, 1.807) is 12.1 Å². The van der Waals surface area contributed by atoms with Crippen LogP contribution < -0.4 is 10.7 Å². The molecule has 2 N–H and O–H groups in total. The molecule has 3 rings (SSSR count). The van der Waals surface area contributed by atoms with Crippen molar-refractivity contribution >= 4 is 50.6 Å². The average Bonchev–Trinajstić information content (AvgIpc) is 3.24. The summed E-state index contributed by atoms with van der Waals surface area (Å²) in [6.07, 6.45) is 1.47. The van der Waals surface area contributed by atoms with Gasteiger partial charge in [0.25, 0.3) is 5.69 Å². The van der Waals surface area contributed by atoms with Gasteiger partial charge in [-0.15, -0.1) is 11.3 Å². The number of non-ortho nitro benzene ring substituents is 1. The summed E-state index contributed by atoms with van der Waals surface area (Å²) >= 11 is 2.78. The number of benzene rings is 1. The molecule has 0 aliphatic heterocycles. The van der Waals surface area contributed by atoms with Gasteiger partial charge in [-0.05, 0) is 11.4 Å². The Kier molecular flexibility index (Phi) is 5.34. The summed E-state index contributed by atoms with van der Waals surface area (Å²) in [5, 5.41) is 20.7. The van der Waals surface area contributed by atoms with Crippen molar-refractivity contribution in [3.8, 4) is 10.6 Å². The van der Waals surface area contributed by atoms with Crippen molar-refractivity contribution in [1.82, 2.24) is 4.98 Å². The number of nitrogens with one attached hydrogen (secondary N) is 2. The van der Waals surface area contributed by atoms with Crippen molar-refractivity contribution in [2.24, 2.45) is 5.10 Å².